The first-order chi connectivity index (χ1) is 4.62. The maximum absolute atomic E-state index is 4.15. The molecule has 1 heteroatoms. The van der Waals surface area contributed by atoms with Crippen LogP contribution in [0.15, 0.2) is 12.2 Å². The molecule has 2 aliphatic rings. The monoisotopic (exact) mass is 142 g/mol. The van der Waals surface area contributed by atoms with Gasteiger partial charge in [0, 0.05) is 0 Å². The smallest absolute Gasteiger partial charge is 0.241 e. The van der Waals surface area contributed by atoms with Crippen molar-refractivity contribution in [3.63, 3.8) is 0 Å². The molecule has 2 fully saturated rings. The van der Waals surface area contributed by atoms with Crippen molar-refractivity contribution >= 4 is 0 Å². The summed E-state index contributed by atoms with van der Waals surface area (Å²) in [5.41, 5.74) is 1.89. The van der Waals surface area contributed by atoms with Gasteiger partial charge in [-0.25, -0.2) is 18.1 Å². The molecule has 1 unspecified atom stereocenters. The Kier molecular flexibility index (Phi) is 2.21. The Bertz CT molecular complexity index is 181. The Balaban J connectivity index is 0.000000605. The molecule has 56 valence electrons. The third kappa shape index (κ3) is 1.08. The molecule has 0 saturated heterocycles. The summed E-state index contributed by atoms with van der Waals surface area (Å²) in [6.45, 7) is 8.83. The van der Waals surface area contributed by atoms with Gasteiger partial charge in [0.25, 0.3) is 0 Å². The summed E-state index contributed by atoms with van der Waals surface area (Å²) < 4.78 is 0. The van der Waals surface area contributed by atoms with E-state index in [1.807, 2.05) is 0 Å². The number of fused-ring (bicyclic) bond motifs is 2. The molecule has 2 bridgehead atoms. The maximum atomic E-state index is 4.15. The van der Waals surface area contributed by atoms with Gasteiger partial charge in [-0.1, -0.05) is 33.1 Å². The second-order valence-electron chi connectivity index (χ2n) is 4.24. The van der Waals surface area contributed by atoms with Crippen LogP contribution in [0.2, 0.25) is 0 Å². The van der Waals surface area contributed by atoms with Crippen molar-refractivity contribution in [2.75, 3.05) is 0 Å². The second-order valence-corrected chi connectivity index (χ2v) is 4.24. The summed E-state index contributed by atoms with van der Waals surface area (Å²) >= 11 is 0. The van der Waals surface area contributed by atoms with Crippen LogP contribution in [0.3, 0.4) is 0 Å². The van der Waals surface area contributed by atoms with Gasteiger partial charge < -0.3 is 0 Å². The van der Waals surface area contributed by atoms with E-state index in [9.17, 15) is 0 Å². The van der Waals surface area contributed by atoms with Crippen molar-refractivity contribution in [3.05, 3.63) is 18.1 Å². The fraction of sp³-hybridized carbons (Fsp3) is 0.700. The van der Waals surface area contributed by atoms with Crippen LogP contribution in [-0.4, -0.2) is 0 Å². The number of hydrogen-bond acceptors (Lipinski definition) is 0. The van der Waals surface area contributed by atoms with E-state index < -0.39 is 0 Å². The molecule has 0 heterocycles. The standard InChI is InChI=1S/C10H15.Li/c1-7-8-4-5-9(6-8)10(7,2)3;/h9H,1,4-6H2,2-3H3;/q-1;+1. The molecule has 0 aromatic carbocycles. The van der Waals surface area contributed by atoms with Gasteiger partial charge in [-0.2, -0.15) is 0 Å². The second kappa shape index (κ2) is 2.61. The van der Waals surface area contributed by atoms with Crippen LogP contribution in [0.25, 0.3) is 0 Å². The van der Waals surface area contributed by atoms with Crippen LogP contribution in [0, 0.1) is 17.3 Å². The van der Waals surface area contributed by atoms with Gasteiger partial charge >= 0.3 is 18.9 Å². The largest absolute Gasteiger partial charge is 1.00 e. The number of allylic oxidation sites excluding steroid dienone is 1. The molecule has 0 radical (unpaired) electrons. The Morgan fingerprint density at radius 3 is 2.45 bits per heavy atom. The van der Waals surface area contributed by atoms with Crippen LogP contribution < -0.4 is 18.9 Å². The summed E-state index contributed by atoms with van der Waals surface area (Å²) in [7, 11) is 0. The van der Waals surface area contributed by atoms with Crippen LogP contribution in [0.1, 0.15) is 33.1 Å². The Labute approximate surface area is 81.6 Å². The molecule has 1 atom stereocenters. The first-order valence-electron chi connectivity index (χ1n) is 4.17. The summed E-state index contributed by atoms with van der Waals surface area (Å²) in [5, 5.41) is 0. The first kappa shape index (κ1) is 9.30. The molecule has 11 heavy (non-hydrogen) atoms. The summed E-state index contributed by atoms with van der Waals surface area (Å²) in [4.78, 5) is 0. The van der Waals surface area contributed by atoms with Gasteiger partial charge in [0.1, 0.15) is 0 Å². The Hall–Kier alpha value is 0.207. The van der Waals surface area contributed by atoms with Crippen molar-refractivity contribution in [1.29, 1.82) is 0 Å². The van der Waals surface area contributed by atoms with Gasteiger partial charge in [0.15, 0.2) is 0 Å². The molecule has 2 saturated carbocycles. The molecule has 0 aromatic rings. The SMILES string of the molecule is C=C1[C-]2CCC(C2)C1(C)C.[Li+]. The minimum Gasteiger partial charge on any atom is -0.241 e. The van der Waals surface area contributed by atoms with Crippen molar-refractivity contribution in [2.45, 2.75) is 33.1 Å². The third-order valence-corrected chi connectivity index (χ3v) is 3.51. The van der Waals surface area contributed by atoms with E-state index in [0.29, 0.717) is 5.41 Å². The predicted octanol–water partition coefficient (Wildman–Crippen LogP) is -0.0390. The van der Waals surface area contributed by atoms with E-state index in [0.717, 1.165) is 5.92 Å². The predicted molar refractivity (Wildman–Crippen MR) is 43.5 cm³/mol. The van der Waals surface area contributed by atoms with Crippen molar-refractivity contribution in [1.82, 2.24) is 0 Å². The Morgan fingerprint density at radius 1 is 1.55 bits per heavy atom. The summed E-state index contributed by atoms with van der Waals surface area (Å²) in [6, 6.07) is 0. The Morgan fingerprint density at radius 2 is 2.18 bits per heavy atom. The fourth-order valence-corrected chi connectivity index (χ4v) is 2.44. The summed E-state index contributed by atoms with van der Waals surface area (Å²) in [5.74, 6) is 2.59. The van der Waals surface area contributed by atoms with E-state index in [2.05, 4.69) is 20.4 Å². The topological polar surface area (TPSA) is 0 Å². The zero-order valence-corrected chi connectivity index (χ0v) is 7.91. The van der Waals surface area contributed by atoms with Crippen LogP contribution in [0.4, 0.5) is 0 Å². The zero-order valence-electron chi connectivity index (χ0n) is 7.91. The van der Waals surface area contributed by atoms with Crippen molar-refractivity contribution < 1.29 is 18.9 Å². The van der Waals surface area contributed by atoms with E-state index in [1.54, 1.807) is 5.92 Å². The van der Waals surface area contributed by atoms with Gasteiger partial charge in [0.05, 0.1) is 0 Å². The van der Waals surface area contributed by atoms with Crippen LogP contribution in [0.5, 0.6) is 0 Å². The molecular weight excluding hydrogens is 127 g/mol. The average molecular weight is 142 g/mol. The molecule has 0 aromatic heterocycles. The molecule has 0 aliphatic heterocycles. The average Bonchev–Trinajstić information content (AvgIpc) is 2.37. The molecular formula is C10H15Li. The molecule has 0 amide bonds. The molecule has 2 aliphatic carbocycles. The molecule has 0 N–H and O–H groups in total. The normalized spacial score (nSPS) is 32.4. The maximum Gasteiger partial charge on any atom is 1.00 e. The van der Waals surface area contributed by atoms with E-state index in [4.69, 9.17) is 0 Å². The van der Waals surface area contributed by atoms with Gasteiger partial charge in [-0.15, -0.1) is 0 Å². The minimum absolute atomic E-state index is 0. The number of rotatable bonds is 0. The molecule has 0 spiro atoms. The van der Waals surface area contributed by atoms with Crippen molar-refractivity contribution in [2.24, 2.45) is 11.3 Å². The quantitative estimate of drug-likeness (QED) is 0.329. The number of hydrogen-bond donors (Lipinski definition) is 0. The van der Waals surface area contributed by atoms with E-state index in [-0.39, 0.29) is 18.9 Å². The third-order valence-electron chi connectivity index (χ3n) is 3.51. The van der Waals surface area contributed by atoms with E-state index >= 15 is 0 Å². The molecule has 2 rings (SSSR count). The van der Waals surface area contributed by atoms with Gasteiger partial charge in [-0.3, -0.25) is 0 Å². The fourth-order valence-electron chi connectivity index (χ4n) is 2.44. The minimum atomic E-state index is 0. The first-order valence-corrected chi connectivity index (χ1v) is 4.17. The van der Waals surface area contributed by atoms with Crippen LogP contribution in [-0.2, 0) is 0 Å². The molecule has 0 nitrogen and oxygen atoms in total. The van der Waals surface area contributed by atoms with Crippen molar-refractivity contribution in [3.8, 4) is 0 Å². The van der Waals surface area contributed by atoms with Gasteiger partial charge in [0.2, 0.25) is 0 Å². The van der Waals surface area contributed by atoms with Gasteiger partial charge in [-0.05, 0) is 11.3 Å². The summed E-state index contributed by atoms with van der Waals surface area (Å²) in [6.07, 6.45) is 4.11. The van der Waals surface area contributed by atoms with E-state index in [1.165, 1.54) is 24.8 Å². The zero-order chi connectivity index (χ0) is 7.35. The van der Waals surface area contributed by atoms with Crippen LogP contribution >= 0.6 is 0 Å².